The molecule has 1 aliphatic rings. The summed E-state index contributed by atoms with van der Waals surface area (Å²) in [5, 5.41) is 13.0. The average molecular weight is 289 g/mol. The number of carbonyl (C=O) groups excluding carboxylic acids is 1. The van der Waals surface area contributed by atoms with Crippen molar-refractivity contribution in [1.29, 1.82) is 0 Å². The van der Waals surface area contributed by atoms with E-state index >= 15 is 0 Å². The highest BCUT2D eigenvalue weighted by Gasteiger charge is 2.36. The first-order valence-corrected chi connectivity index (χ1v) is 7.86. The second-order valence-electron chi connectivity index (χ2n) is 7.43. The number of benzene rings is 1. The van der Waals surface area contributed by atoms with E-state index in [9.17, 15) is 9.90 Å². The van der Waals surface area contributed by atoms with Gasteiger partial charge in [0, 0.05) is 11.6 Å². The van der Waals surface area contributed by atoms with Gasteiger partial charge in [0.15, 0.2) is 0 Å². The van der Waals surface area contributed by atoms with Crippen LogP contribution in [0.15, 0.2) is 24.3 Å². The highest BCUT2D eigenvalue weighted by atomic mass is 16.3. The summed E-state index contributed by atoms with van der Waals surface area (Å²) >= 11 is 0. The molecule has 116 valence electrons. The highest BCUT2D eigenvalue weighted by molar-refractivity contribution is 5.92. The quantitative estimate of drug-likeness (QED) is 0.885. The lowest BCUT2D eigenvalue weighted by Gasteiger charge is -2.37. The summed E-state index contributed by atoms with van der Waals surface area (Å²) in [7, 11) is 0. The SMILES string of the molecule is CC(C)c1cccc(NC(=O)C2CC(O)CC(C)(C)C2)c1. The van der Waals surface area contributed by atoms with Gasteiger partial charge in [0.2, 0.25) is 5.91 Å². The number of amides is 1. The minimum atomic E-state index is -0.369. The topological polar surface area (TPSA) is 49.3 Å². The van der Waals surface area contributed by atoms with Gasteiger partial charge in [-0.05, 0) is 48.3 Å². The van der Waals surface area contributed by atoms with Gasteiger partial charge in [-0.2, -0.15) is 0 Å². The maximum absolute atomic E-state index is 12.5. The first-order valence-electron chi connectivity index (χ1n) is 7.86. The van der Waals surface area contributed by atoms with E-state index in [1.807, 2.05) is 18.2 Å². The van der Waals surface area contributed by atoms with Crippen molar-refractivity contribution < 1.29 is 9.90 Å². The van der Waals surface area contributed by atoms with E-state index in [4.69, 9.17) is 0 Å². The minimum Gasteiger partial charge on any atom is -0.393 e. The second-order valence-corrected chi connectivity index (χ2v) is 7.43. The van der Waals surface area contributed by atoms with Crippen molar-refractivity contribution in [2.75, 3.05) is 5.32 Å². The summed E-state index contributed by atoms with van der Waals surface area (Å²) < 4.78 is 0. The van der Waals surface area contributed by atoms with Crippen molar-refractivity contribution in [2.45, 2.75) is 59.0 Å². The Morgan fingerprint density at radius 1 is 1.33 bits per heavy atom. The number of hydrogen-bond donors (Lipinski definition) is 2. The predicted octanol–water partition coefficient (Wildman–Crippen LogP) is 3.94. The number of aliphatic hydroxyl groups is 1. The van der Waals surface area contributed by atoms with E-state index in [2.05, 4.69) is 39.1 Å². The molecule has 0 aliphatic heterocycles. The molecule has 1 fully saturated rings. The van der Waals surface area contributed by atoms with Gasteiger partial charge in [0.25, 0.3) is 0 Å². The number of carbonyl (C=O) groups is 1. The third-order valence-electron chi connectivity index (χ3n) is 4.34. The molecule has 3 nitrogen and oxygen atoms in total. The summed E-state index contributed by atoms with van der Waals surface area (Å²) in [6.07, 6.45) is 1.81. The smallest absolute Gasteiger partial charge is 0.227 e. The van der Waals surface area contributed by atoms with Gasteiger partial charge in [-0.25, -0.2) is 0 Å². The lowest BCUT2D eigenvalue weighted by Crippen LogP contribution is -2.37. The summed E-state index contributed by atoms with van der Waals surface area (Å²) in [5.41, 5.74) is 2.10. The normalized spacial score (nSPS) is 24.9. The molecule has 0 aromatic heterocycles. The zero-order valence-electron chi connectivity index (χ0n) is 13.5. The zero-order chi connectivity index (χ0) is 15.6. The van der Waals surface area contributed by atoms with Crippen molar-refractivity contribution in [2.24, 2.45) is 11.3 Å². The highest BCUT2D eigenvalue weighted by Crippen LogP contribution is 2.39. The van der Waals surface area contributed by atoms with E-state index in [1.54, 1.807) is 0 Å². The van der Waals surface area contributed by atoms with E-state index in [0.717, 1.165) is 18.5 Å². The van der Waals surface area contributed by atoms with Gasteiger partial charge in [-0.3, -0.25) is 4.79 Å². The molecule has 3 heteroatoms. The number of aliphatic hydroxyl groups excluding tert-OH is 1. The summed E-state index contributed by atoms with van der Waals surface area (Å²) in [6, 6.07) is 8.01. The molecule has 0 heterocycles. The van der Waals surface area contributed by atoms with Gasteiger partial charge in [0.1, 0.15) is 0 Å². The fourth-order valence-corrected chi connectivity index (χ4v) is 3.30. The fraction of sp³-hybridized carbons (Fsp3) is 0.611. The maximum atomic E-state index is 12.5. The molecule has 2 atom stereocenters. The van der Waals surface area contributed by atoms with Crippen LogP contribution in [-0.2, 0) is 4.79 Å². The van der Waals surface area contributed by atoms with Crippen LogP contribution in [0.4, 0.5) is 5.69 Å². The molecule has 2 N–H and O–H groups in total. The molecule has 1 saturated carbocycles. The lowest BCUT2D eigenvalue weighted by atomic mass is 9.70. The number of anilines is 1. The van der Waals surface area contributed by atoms with Crippen LogP contribution in [-0.4, -0.2) is 17.1 Å². The van der Waals surface area contributed by atoms with Crippen LogP contribution in [0.2, 0.25) is 0 Å². The molecular weight excluding hydrogens is 262 g/mol. The van der Waals surface area contributed by atoms with Crippen LogP contribution < -0.4 is 5.32 Å². The summed E-state index contributed by atoms with van der Waals surface area (Å²) in [6.45, 7) is 8.52. The molecule has 1 aliphatic carbocycles. The third-order valence-corrected chi connectivity index (χ3v) is 4.34. The zero-order valence-corrected chi connectivity index (χ0v) is 13.5. The van der Waals surface area contributed by atoms with E-state index in [0.29, 0.717) is 12.3 Å². The van der Waals surface area contributed by atoms with Crippen LogP contribution >= 0.6 is 0 Å². The molecule has 1 aromatic rings. The molecule has 2 rings (SSSR count). The Morgan fingerprint density at radius 2 is 2.05 bits per heavy atom. The van der Waals surface area contributed by atoms with Crippen LogP contribution in [0.25, 0.3) is 0 Å². The summed E-state index contributed by atoms with van der Waals surface area (Å²) in [4.78, 5) is 12.5. The van der Waals surface area contributed by atoms with Crippen molar-refractivity contribution >= 4 is 11.6 Å². The largest absolute Gasteiger partial charge is 0.393 e. The number of nitrogens with one attached hydrogen (secondary N) is 1. The Hall–Kier alpha value is -1.35. The standard InChI is InChI=1S/C18H27NO2/c1-12(2)13-6-5-7-15(8-13)19-17(21)14-9-16(20)11-18(3,4)10-14/h5-8,12,14,16,20H,9-11H2,1-4H3,(H,19,21). The molecule has 0 bridgehead atoms. The molecule has 2 unspecified atom stereocenters. The van der Waals surface area contributed by atoms with Gasteiger partial charge in [0.05, 0.1) is 6.10 Å². The van der Waals surface area contributed by atoms with Gasteiger partial charge in [-0.15, -0.1) is 0 Å². The number of hydrogen-bond acceptors (Lipinski definition) is 2. The first kappa shape index (κ1) is 16.0. The average Bonchev–Trinajstić information content (AvgIpc) is 2.36. The van der Waals surface area contributed by atoms with Gasteiger partial charge in [-0.1, -0.05) is 39.8 Å². The Kier molecular flexibility index (Phi) is 4.72. The van der Waals surface area contributed by atoms with Crippen LogP contribution in [0.5, 0.6) is 0 Å². The van der Waals surface area contributed by atoms with Gasteiger partial charge >= 0.3 is 0 Å². The minimum absolute atomic E-state index is 0.0272. The molecule has 0 radical (unpaired) electrons. The molecule has 0 spiro atoms. The Labute approximate surface area is 127 Å². The predicted molar refractivity (Wildman–Crippen MR) is 86.3 cm³/mol. The van der Waals surface area contributed by atoms with Gasteiger partial charge < -0.3 is 10.4 Å². The van der Waals surface area contributed by atoms with Crippen molar-refractivity contribution in [3.8, 4) is 0 Å². The molecule has 21 heavy (non-hydrogen) atoms. The molecule has 1 aromatic carbocycles. The lowest BCUT2D eigenvalue weighted by molar-refractivity contribution is -0.124. The first-order chi connectivity index (χ1) is 9.77. The third kappa shape index (κ3) is 4.31. The Bertz CT molecular complexity index is 508. The molecular formula is C18H27NO2. The van der Waals surface area contributed by atoms with E-state index < -0.39 is 0 Å². The maximum Gasteiger partial charge on any atom is 0.227 e. The van der Waals surface area contributed by atoms with E-state index in [1.165, 1.54) is 5.56 Å². The number of rotatable bonds is 3. The van der Waals surface area contributed by atoms with Crippen molar-refractivity contribution in [3.63, 3.8) is 0 Å². The fourth-order valence-electron chi connectivity index (χ4n) is 3.30. The monoisotopic (exact) mass is 289 g/mol. The van der Waals surface area contributed by atoms with E-state index in [-0.39, 0.29) is 23.3 Å². The van der Waals surface area contributed by atoms with Crippen LogP contribution in [0.3, 0.4) is 0 Å². The van der Waals surface area contributed by atoms with Crippen molar-refractivity contribution in [1.82, 2.24) is 0 Å². The van der Waals surface area contributed by atoms with Crippen LogP contribution in [0.1, 0.15) is 58.4 Å². The van der Waals surface area contributed by atoms with Crippen LogP contribution in [0, 0.1) is 11.3 Å². The Balaban J connectivity index is 2.06. The summed E-state index contributed by atoms with van der Waals surface area (Å²) in [5.74, 6) is 0.367. The Morgan fingerprint density at radius 3 is 2.67 bits per heavy atom. The molecule has 0 saturated heterocycles. The van der Waals surface area contributed by atoms with Crippen molar-refractivity contribution in [3.05, 3.63) is 29.8 Å². The second kappa shape index (κ2) is 6.18. The molecule has 1 amide bonds.